The maximum Gasteiger partial charge on any atom is 0.244 e. The van der Waals surface area contributed by atoms with Gasteiger partial charge in [0, 0.05) is 32.2 Å². The first-order chi connectivity index (χ1) is 9.73. The Balaban J connectivity index is 3.12. The summed E-state index contributed by atoms with van der Waals surface area (Å²) in [7, 11) is -1.01. The van der Waals surface area contributed by atoms with Crippen LogP contribution < -0.4 is 11.1 Å². The molecule has 3 N–H and O–H groups in total. The summed E-state index contributed by atoms with van der Waals surface area (Å²) in [5, 5.41) is 11.5. The van der Waals surface area contributed by atoms with E-state index < -0.39 is 15.9 Å². The SMILES string of the molecule is CNC(=O)C(C)CN(C)S(=O)(=O)c1ccc(N)cc1C#N. The summed E-state index contributed by atoms with van der Waals surface area (Å²) in [6.45, 7) is 1.64. The predicted molar refractivity (Wildman–Crippen MR) is 78.6 cm³/mol. The highest BCUT2D eigenvalue weighted by molar-refractivity contribution is 7.89. The van der Waals surface area contributed by atoms with Gasteiger partial charge in [-0.25, -0.2) is 12.7 Å². The summed E-state index contributed by atoms with van der Waals surface area (Å²) in [6, 6.07) is 5.84. The van der Waals surface area contributed by atoms with Crippen molar-refractivity contribution in [2.45, 2.75) is 11.8 Å². The average molecular weight is 310 g/mol. The quantitative estimate of drug-likeness (QED) is 0.751. The molecule has 0 bridgehead atoms. The van der Waals surface area contributed by atoms with Crippen LogP contribution >= 0.6 is 0 Å². The molecular weight excluding hydrogens is 292 g/mol. The van der Waals surface area contributed by atoms with Crippen molar-refractivity contribution in [3.8, 4) is 6.07 Å². The Kier molecular flexibility index (Phi) is 5.29. The van der Waals surface area contributed by atoms with E-state index in [1.807, 2.05) is 6.07 Å². The number of nitrogens with zero attached hydrogens (tertiary/aromatic N) is 2. The van der Waals surface area contributed by atoms with Gasteiger partial charge in [0.1, 0.15) is 11.0 Å². The molecule has 1 aromatic rings. The van der Waals surface area contributed by atoms with E-state index in [0.29, 0.717) is 5.69 Å². The predicted octanol–water partition coefficient (Wildman–Crippen LogP) is 0.143. The van der Waals surface area contributed by atoms with E-state index in [-0.39, 0.29) is 22.9 Å². The minimum Gasteiger partial charge on any atom is -0.399 e. The van der Waals surface area contributed by atoms with Crippen LogP contribution in [0.5, 0.6) is 0 Å². The van der Waals surface area contributed by atoms with Gasteiger partial charge in [0.05, 0.1) is 5.56 Å². The average Bonchev–Trinajstić information content (AvgIpc) is 2.45. The van der Waals surface area contributed by atoms with Crippen LogP contribution in [0.4, 0.5) is 5.69 Å². The van der Waals surface area contributed by atoms with Crippen LogP contribution in [0.25, 0.3) is 0 Å². The molecule has 1 aromatic carbocycles. The molecule has 0 spiro atoms. The lowest BCUT2D eigenvalue weighted by atomic mass is 10.2. The van der Waals surface area contributed by atoms with Crippen LogP contribution in [-0.2, 0) is 14.8 Å². The third kappa shape index (κ3) is 3.71. The summed E-state index contributed by atoms with van der Waals surface area (Å²) in [4.78, 5) is 11.4. The largest absolute Gasteiger partial charge is 0.399 e. The molecule has 7 nitrogen and oxygen atoms in total. The smallest absolute Gasteiger partial charge is 0.244 e. The van der Waals surface area contributed by atoms with E-state index in [2.05, 4.69) is 5.32 Å². The van der Waals surface area contributed by atoms with Gasteiger partial charge in [0.2, 0.25) is 15.9 Å². The molecule has 1 unspecified atom stereocenters. The molecule has 0 heterocycles. The maximum atomic E-state index is 12.5. The lowest BCUT2D eigenvalue weighted by Crippen LogP contribution is -2.37. The van der Waals surface area contributed by atoms with E-state index in [1.165, 1.54) is 32.3 Å². The first-order valence-electron chi connectivity index (χ1n) is 6.21. The molecule has 0 aromatic heterocycles. The van der Waals surface area contributed by atoms with Crippen molar-refractivity contribution in [1.82, 2.24) is 9.62 Å². The van der Waals surface area contributed by atoms with Crippen molar-refractivity contribution >= 4 is 21.6 Å². The number of nitrogen functional groups attached to an aromatic ring is 1. The Morgan fingerprint density at radius 3 is 2.67 bits per heavy atom. The Hall–Kier alpha value is -2.11. The van der Waals surface area contributed by atoms with Crippen LogP contribution in [-0.4, -0.2) is 39.3 Å². The lowest BCUT2D eigenvalue weighted by molar-refractivity contribution is -0.124. The zero-order valence-corrected chi connectivity index (χ0v) is 12.9. The molecule has 0 aliphatic carbocycles. The molecule has 114 valence electrons. The monoisotopic (exact) mass is 310 g/mol. The standard InChI is InChI=1S/C13H18N4O3S/c1-9(13(18)16-2)8-17(3)21(19,20)12-5-4-11(15)6-10(12)7-14/h4-6,9H,8,15H2,1-3H3,(H,16,18). The van der Waals surface area contributed by atoms with Crippen molar-refractivity contribution < 1.29 is 13.2 Å². The number of carbonyl (C=O) groups excluding carboxylic acids is 1. The number of amides is 1. The fourth-order valence-corrected chi connectivity index (χ4v) is 3.22. The molecule has 1 amide bonds. The molecule has 1 atom stereocenters. The molecule has 0 radical (unpaired) electrons. The van der Waals surface area contributed by atoms with Gasteiger partial charge in [0.25, 0.3) is 0 Å². The topological polar surface area (TPSA) is 116 Å². The van der Waals surface area contributed by atoms with Crippen molar-refractivity contribution in [2.24, 2.45) is 5.92 Å². The van der Waals surface area contributed by atoms with E-state index in [1.54, 1.807) is 6.92 Å². The first kappa shape index (κ1) is 16.9. The number of nitrogens with two attached hydrogens (primary N) is 1. The van der Waals surface area contributed by atoms with E-state index >= 15 is 0 Å². The Morgan fingerprint density at radius 2 is 2.14 bits per heavy atom. The highest BCUT2D eigenvalue weighted by Gasteiger charge is 2.27. The van der Waals surface area contributed by atoms with Crippen molar-refractivity contribution in [1.29, 1.82) is 5.26 Å². The molecule has 8 heteroatoms. The Morgan fingerprint density at radius 1 is 1.52 bits per heavy atom. The van der Waals surface area contributed by atoms with E-state index in [0.717, 1.165) is 4.31 Å². The van der Waals surface area contributed by atoms with Crippen molar-refractivity contribution in [2.75, 3.05) is 26.4 Å². The second-order valence-electron chi connectivity index (χ2n) is 4.67. The number of hydrogen-bond acceptors (Lipinski definition) is 5. The van der Waals surface area contributed by atoms with Gasteiger partial charge < -0.3 is 11.1 Å². The van der Waals surface area contributed by atoms with Gasteiger partial charge in [-0.3, -0.25) is 4.79 Å². The van der Waals surface area contributed by atoms with Gasteiger partial charge in [-0.2, -0.15) is 5.26 Å². The molecule has 0 aliphatic rings. The number of benzene rings is 1. The van der Waals surface area contributed by atoms with Crippen LogP contribution in [0.15, 0.2) is 23.1 Å². The van der Waals surface area contributed by atoms with E-state index in [9.17, 15) is 13.2 Å². The number of anilines is 1. The minimum atomic E-state index is -3.86. The van der Waals surface area contributed by atoms with Gasteiger partial charge in [-0.1, -0.05) is 6.92 Å². The fourth-order valence-electron chi connectivity index (χ4n) is 1.84. The number of nitrogens with one attached hydrogen (secondary N) is 1. The Labute approximate surface area is 124 Å². The van der Waals surface area contributed by atoms with Gasteiger partial charge in [-0.05, 0) is 18.2 Å². The molecule has 0 saturated heterocycles. The summed E-state index contributed by atoms with van der Waals surface area (Å²) >= 11 is 0. The minimum absolute atomic E-state index is 0.0112. The second-order valence-corrected chi connectivity index (χ2v) is 6.68. The number of rotatable bonds is 5. The summed E-state index contributed by atoms with van der Waals surface area (Å²) in [5.74, 6) is -0.760. The highest BCUT2D eigenvalue weighted by Crippen LogP contribution is 2.21. The summed E-state index contributed by atoms with van der Waals surface area (Å²) in [5.41, 5.74) is 5.84. The maximum absolute atomic E-state index is 12.5. The van der Waals surface area contributed by atoms with Crippen LogP contribution in [0.2, 0.25) is 0 Å². The molecule has 0 fully saturated rings. The number of nitriles is 1. The van der Waals surface area contributed by atoms with Crippen molar-refractivity contribution in [3.05, 3.63) is 23.8 Å². The van der Waals surface area contributed by atoms with Crippen LogP contribution in [0.1, 0.15) is 12.5 Å². The number of hydrogen-bond donors (Lipinski definition) is 2. The summed E-state index contributed by atoms with van der Waals surface area (Å²) < 4.78 is 26.0. The fraction of sp³-hybridized carbons (Fsp3) is 0.385. The third-order valence-corrected chi connectivity index (χ3v) is 4.92. The van der Waals surface area contributed by atoms with Gasteiger partial charge >= 0.3 is 0 Å². The first-order valence-corrected chi connectivity index (χ1v) is 7.65. The molecule has 1 rings (SSSR count). The highest BCUT2D eigenvalue weighted by atomic mass is 32.2. The van der Waals surface area contributed by atoms with Crippen molar-refractivity contribution in [3.63, 3.8) is 0 Å². The number of sulfonamides is 1. The van der Waals surface area contributed by atoms with Gasteiger partial charge in [0.15, 0.2) is 0 Å². The van der Waals surface area contributed by atoms with E-state index in [4.69, 9.17) is 11.0 Å². The molecule has 0 saturated carbocycles. The van der Waals surface area contributed by atoms with Crippen LogP contribution in [0.3, 0.4) is 0 Å². The zero-order chi connectivity index (χ0) is 16.2. The molecule has 0 aliphatic heterocycles. The lowest BCUT2D eigenvalue weighted by Gasteiger charge is -2.21. The number of carbonyl (C=O) groups is 1. The zero-order valence-electron chi connectivity index (χ0n) is 12.1. The normalized spacial score (nSPS) is 12.7. The van der Waals surface area contributed by atoms with Gasteiger partial charge in [-0.15, -0.1) is 0 Å². The third-order valence-electron chi connectivity index (χ3n) is 3.04. The summed E-state index contributed by atoms with van der Waals surface area (Å²) in [6.07, 6.45) is 0. The second kappa shape index (κ2) is 6.56. The Bertz CT molecular complexity index is 679. The molecule has 21 heavy (non-hydrogen) atoms. The van der Waals surface area contributed by atoms with Crippen LogP contribution in [0, 0.1) is 17.2 Å². The molecular formula is C13H18N4O3S.